The van der Waals surface area contributed by atoms with E-state index in [4.69, 9.17) is 18.7 Å². The minimum atomic E-state index is -0.110. The lowest BCUT2D eigenvalue weighted by Gasteiger charge is -2.29. The van der Waals surface area contributed by atoms with Gasteiger partial charge in [0.15, 0.2) is 16.6 Å². The number of fused-ring (bicyclic) bond motifs is 1. The molecule has 35 heavy (non-hydrogen) atoms. The second-order valence-corrected chi connectivity index (χ2v) is 9.10. The minimum Gasteiger partial charge on any atom is -0.497 e. The van der Waals surface area contributed by atoms with Crippen LogP contribution >= 0.6 is 11.3 Å². The van der Waals surface area contributed by atoms with Crippen molar-refractivity contribution in [2.45, 2.75) is 12.8 Å². The van der Waals surface area contributed by atoms with Gasteiger partial charge >= 0.3 is 6.01 Å². The van der Waals surface area contributed by atoms with Gasteiger partial charge in [0, 0.05) is 24.6 Å². The molecule has 2 aromatic carbocycles. The molecule has 0 saturated carbocycles. The van der Waals surface area contributed by atoms with Gasteiger partial charge in [0.1, 0.15) is 5.75 Å². The third-order valence-electron chi connectivity index (χ3n) is 6.02. The highest BCUT2D eigenvalue weighted by atomic mass is 32.1. The van der Waals surface area contributed by atoms with E-state index in [2.05, 4.69) is 20.4 Å². The zero-order valence-electron chi connectivity index (χ0n) is 19.6. The molecule has 11 heteroatoms. The van der Waals surface area contributed by atoms with Gasteiger partial charge in [-0.15, -0.1) is 0 Å². The van der Waals surface area contributed by atoms with Crippen LogP contribution in [0.15, 0.2) is 40.9 Å². The highest BCUT2D eigenvalue weighted by Gasteiger charge is 2.28. The summed E-state index contributed by atoms with van der Waals surface area (Å²) in [4.78, 5) is 23.9. The number of amides is 1. The quantitative estimate of drug-likeness (QED) is 0.402. The summed E-state index contributed by atoms with van der Waals surface area (Å²) in [5.74, 6) is 2.32. The van der Waals surface area contributed by atoms with E-state index in [1.54, 1.807) is 27.4 Å². The summed E-state index contributed by atoms with van der Waals surface area (Å²) in [6, 6.07) is 11.6. The van der Waals surface area contributed by atoms with Crippen molar-refractivity contribution in [3.05, 3.63) is 36.4 Å². The van der Waals surface area contributed by atoms with Crippen molar-refractivity contribution in [3.8, 4) is 28.6 Å². The Hall–Kier alpha value is -3.86. The fourth-order valence-corrected chi connectivity index (χ4v) is 4.96. The lowest BCUT2D eigenvalue weighted by atomic mass is 9.96. The molecule has 3 heterocycles. The van der Waals surface area contributed by atoms with Crippen LogP contribution in [-0.4, -0.2) is 55.5 Å². The van der Waals surface area contributed by atoms with Crippen LogP contribution < -0.4 is 24.4 Å². The van der Waals surface area contributed by atoms with Crippen molar-refractivity contribution in [1.29, 1.82) is 0 Å². The van der Waals surface area contributed by atoms with Crippen LogP contribution in [0, 0.1) is 5.92 Å². The third-order valence-corrected chi connectivity index (χ3v) is 6.95. The first-order chi connectivity index (χ1) is 17.1. The van der Waals surface area contributed by atoms with Crippen LogP contribution in [0.3, 0.4) is 0 Å². The van der Waals surface area contributed by atoms with Gasteiger partial charge in [0.2, 0.25) is 11.7 Å². The van der Waals surface area contributed by atoms with E-state index in [1.165, 1.54) is 11.3 Å². The maximum Gasteiger partial charge on any atom is 0.324 e. The van der Waals surface area contributed by atoms with Crippen LogP contribution in [0.2, 0.25) is 0 Å². The summed E-state index contributed by atoms with van der Waals surface area (Å²) in [6.45, 7) is 1.28. The molecular weight excluding hydrogens is 470 g/mol. The summed E-state index contributed by atoms with van der Waals surface area (Å²) in [5, 5.41) is 7.69. The van der Waals surface area contributed by atoms with Gasteiger partial charge in [-0.2, -0.15) is 4.98 Å². The SMILES string of the molecule is COc1ccc2nc(NC(=O)C3CCN(c4nc(-c5ccc(OC)c(OC)c5)no4)CC3)sc2c1. The highest BCUT2D eigenvalue weighted by Crippen LogP contribution is 2.33. The van der Waals surface area contributed by atoms with Gasteiger partial charge in [-0.25, -0.2) is 4.98 Å². The molecule has 4 aromatic rings. The number of thiazole rings is 1. The predicted molar refractivity (Wildman–Crippen MR) is 133 cm³/mol. The van der Waals surface area contributed by atoms with E-state index in [0.29, 0.717) is 54.4 Å². The molecule has 1 amide bonds. The van der Waals surface area contributed by atoms with Gasteiger partial charge in [0.05, 0.1) is 31.5 Å². The second-order valence-electron chi connectivity index (χ2n) is 8.07. The fraction of sp³-hybridized carbons (Fsp3) is 0.333. The Morgan fingerprint density at radius 3 is 2.57 bits per heavy atom. The molecule has 1 aliphatic rings. The Morgan fingerprint density at radius 1 is 1.03 bits per heavy atom. The van der Waals surface area contributed by atoms with Crippen LogP contribution in [0.25, 0.3) is 21.6 Å². The standard InChI is InChI=1S/C24H25N5O5S/c1-31-16-5-6-17-20(13-16)35-23(25-17)27-22(30)14-8-10-29(11-9-14)24-26-21(28-34-24)15-4-7-18(32-2)19(12-15)33-3/h4-7,12-14H,8-11H2,1-3H3,(H,25,27,30). The molecular formula is C24H25N5O5S. The Labute approximate surface area is 205 Å². The average Bonchev–Trinajstić information content (AvgIpc) is 3.55. The number of carbonyl (C=O) groups excluding carboxylic acids is 1. The summed E-state index contributed by atoms with van der Waals surface area (Å²) >= 11 is 1.44. The molecule has 0 bridgehead atoms. The van der Waals surface area contributed by atoms with Crippen molar-refractivity contribution < 1.29 is 23.5 Å². The van der Waals surface area contributed by atoms with E-state index in [-0.39, 0.29) is 11.8 Å². The number of methoxy groups -OCH3 is 3. The monoisotopic (exact) mass is 495 g/mol. The molecule has 0 spiro atoms. The van der Waals surface area contributed by atoms with Crippen molar-refractivity contribution in [2.24, 2.45) is 5.92 Å². The largest absolute Gasteiger partial charge is 0.497 e. The van der Waals surface area contributed by atoms with E-state index < -0.39 is 0 Å². The Balaban J connectivity index is 1.20. The van der Waals surface area contributed by atoms with Gasteiger partial charge in [-0.3, -0.25) is 4.79 Å². The highest BCUT2D eigenvalue weighted by molar-refractivity contribution is 7.22. The molecule has 1 fully saturated rings. The molecule has 182 valence electrons. The Bertz CT molecular complexity index is 1350. The number of nitrogens with zero attached hydrogens (tertiary/aromatic N) is 4. The predicted octanol–water partition coefficient (Wildman–Crippen LogP) is 4.23. The van der Waals surface area contributed by atoms with Crippen LogP contribution in [0.1, 0.15) is 12.8 Å². The van der Waals surface area contributed by atoms with Crippen molar-refractivity contribution in [3.63, 3.8) is 0 Å². The Kier molecular flexibility index (Phi) is 6.41. The number of piperidine rings is 1. The molecule has 0 radical (unpaired) electrons. The fourth-order valence-electron chi connectivity index (χ4n) is 4.06. The minimum absolute atomic E-state index is 0.0211. The van der Waals surface area contributed by atoms with E-state index in [0.717, 1.165) is 21.5 Å². The average molecular weight is 496 g/mol. The van der Waals surface area contributed by atoms with Crippen molar-refractivity contribution in [2.75, 3.05) is 44.6 Å². The summed E-state index contributed by atoms with van der Waals surface area (Å²) in [7, 11) is 4.80. The van der Waals surface area contributed by atoms with Gasteiger partial charge in [-0.1, -0.05) is 16.5 Å². The number of anilines is 2. The molecule has 5 rings (SSSR count). The number of benzene rings is 2. The number of hydrogen-bond donors (Lipinski definition) is 1. The normalized spacial score (nSPS) is 14.2. The molecule has 10 nitrogen and oxygen atoms in total. The number of hydrogen-bond acceptors (Lipinski definition) is 10. The first kappa shape index (κ1) is 22.9. The summed E-state index contributed by atoms with van der Waals surface area (Å²) in [5.41, 5.74) is 1.60. The molecule has 1 aliphatic heterocycles. The van der Waals surface area contributed by atoms with Gasteiger partial charge in [0.25, 0.3) is 0 Å². The zero-order chi connectivity index (χ0) is 24.4. The van der Waals surface area contributed by atoms with Gasteiger partial charge < -0.3 is 29.0 Å². The number of nitrogens with one attached hydrogen (secondary N) is 1. The second kappa shape index (κ2) is 9.79. The molecule has 0 atom stereocenters. The lowest BCUT2D eigenvalue weighted by molar-refractivity contribution is -0.120. The summed E-state index contributed by atoms with van der Waals surface area (Å²) < 4.78 is 22.4. The summed E-state index contributed by atoms with van der Waals surface area (Å²) in [6.07, 6.45) is 1.36. The number of rotatable bonds is 7. The molecule has 2 aromatic heterocycles. The number of aromatic nitrogens is 3. The third kappa shape index (κ3) is 4.72. The lowest BCUT2D eigenvalue weighted by Crippen LogP contribution is -2.38. The van der Waals surface area contributed by atoms with E-state index in [9.17, 15) is 4.79 Å². The smallest absolute Gasteiger partial charge is 0.324 e. The number of ether oxygens (including phenoxy) is 3. The first-order valence-electron chi connectivity index (χ1n) is 11.1. The van der Waals surface area contributed by atoms with Crippen LogP contribution in [0.5, 0.6) is 17.2 Å². The molecule has 1 N–H and O–H groups in total. The van der Waals surface area contributed by atoms with Crippen LogP contribution in [0.4, 0.5) is 11.1 Å². The van der Waals surface area contributed by atoms with Crippen molar-refractivity contribution >= 4 is 38.6 Å². The maximum atomic E-state index is 12.9. The van der Waals surface area contributed by atoms with Gasteiger partial charge in [-0.05, 0) is 49.2 Å². The molecule has 0 aliphatic carbocycles. The Morgan fingerprint density at radius 2 is 1.83 bits per heavy atom. The molecule has 1 saturated heterocycles. The topological polar surface area (TPSA) is 112 Å². The first-order valence-corrected chi connectivity index (χ1v) is 12.0. The maximum absolute atomic E-state index is 12.9. The molecule has 0 unspecified atom stereocenters. The van der Waals surface area contributed by atoms with E-state index >= 15 is 0 Å². The van der Waals surface area contributed by atoms with Crippen LogP contribution in [-0.2, 0) is 4.79 Å². The van der Waals surface area contributed by atoms with Crippen molar-refractivity contribution in [1.82, 2.24) is 15.1 Å². The number of carbonyl (C=O) groups is 1. The zero-order valence-corrected chi connectivity index (χ0v) is 20.4. The van der Waals surface area contributed by atoms with E-state index in [1.807, 2.05) is 35.2 Å².